The number of ether oxygens (including phenoxy) is 2. The van der Waals surface area contributed by atoms with Crippen molar-refractivity contribution in [3.8, 4) is 0 Å². The molecule has 25 nitrogen and oxygen atoms in total. The minimum Gasteiger partial charge on any atom is -0.467 e. The molecule has 1 aromatic carbocycles. The van der Waals surface area contributed by atoms with Crippen molar-refractivity contribution in [2.75, 3.05) is 14.2 Å². The number of aliphatic hydroxyl groups excluding tert-OH is 3. The Bertz CT molecular complexity index is 1640. The molecule has 77 heavy (non-hydrogen) atoms. The molecule has 1 aromatic rings. The predicted octanol–water partition coefficient (Wildman–Crippen LogP) is 1.52. The first-order valence-electron chi connectivity index (χ1n) is 26.6. The molecule has 25 heteroatoms. The molecule has 0 aromatic heterocycles. The minimum atomic E-state index is -3.26. The van der Waals surface area contributed by atoms with Gasteiger partial charge in [-0.25, -0.2) is 24.3 Å². The van der Waals surface area contributed by atoms with Crippen molar-refractivity contribution in [1.29, 1.82) is 0 Å². The molecule has 0 bridgehead atoms. The number of hydrogen-bond donors (Lipinski definition) is 18. The van der Waals surface area contributed by atoms with Crippen LogP contribution >= 0.6 is 0 Å². The molecule has 456 valence electrons. The molecule has 0 fully saturated rings. The lowest BCUT2D eigenvalue weighted by atomic mass is 9.74. The Balaban J connectivity index is 0. The van der Waals surface area contributed by atoms with Crippen molar-refractivity contribution in [2.24, 2.45) is 5.92 Å². The van der Waals surface area contributed by atoms with E-state index >= 15 is 0 Å². The van der Waals surface area contributed by atoms with E-state index in [0.717, 1.165) is 84.8 Å². The fraction of sp³-hybridized carbons (Fsp3) is 0.846. The molecule has 7 unspecified atom stereocenters. The van der Waals surface area contributed by atoms with Gasteiger partial charge in [-0.2, -0.15) is 0 Å². The molecule has 0 aliphatic heterocycles. The smallest absolute Gasteiger partial charge is 0.341 e. The molecule has 0 amide bonds. The zero-order valence-corrected chi connectivity index (χ0v) is 46.2. The fourth-order valence-electron chi connectivity index (χ4n) is 7.99. The standard InChI is InChI=1S/C26H46O8.C20H38O13.C6H14O4/c1-2-3-4-11-16-21(24(28,26(32,33)34)22-18-13-10-14-19-22)17-12-8-6-5-7-9-15-20-23(27)25(29,30)31;1-18(2,25)11-12-19(3,20(26,27)10-8-6-7-9-13(21)22)33-32-15(17(24)30-5)14(31-28)16(23)29-4;1-2-3-4-5(7)6(8,9)10/h10,13-14,18-19,21,23,27-34H,2-9,11-12,15-17,20H2,1H3;13-15,21-22,25-28H,6-12H2,1-5H3;5,7-10H,2-4H2,1H3. The number of rotatable bonds is 40. The molecule has 0 spiro atoms. The van der Waals surface area contributed by atoms with Gasteiger partial charge in [0.05, 0.1) is 19.8 Å². The Morgan fingerprint density at radius 2 is 0.922 bits per heavy atom. The SMILES string of the molecule is CCCCC(O)C(O)(O)O.CCCCCCC(CCCCCCCCCC(O)C(O)(O)O)C(O)(c1ccccc1)C(O)(O)O.COC(=O)C(OO)C(OOC(C)(CCC(C)(C)O)C(O)(O)CCCCCC(O)O)C(=O)OC. The first-order valence-corrected chi connectivity index (χ1v) is 26.6. The van der Waals surface area contributed by atoms with Gasteiger partial charge in [0.25, 0.3) is 0 Å². The Hall–Kier alpha value is -2.68. The maximum absolute atomic E-state index is 12.1. The number of methoxy groups -OCH3 is 2. The van der Waals surface area contributed by atoms with Crippen LogP contribution in [0.2, 0.25) is 0 Å². The van der Waals surface area contributed by atoms with E-state index in [2.05, 4.69) is 21.3 Å². The lowest BCUT2D eigenvalue weighted by molar-refractivity contribution is -0.447. The van der Waals surface area contributed by atoms with Gasteiger partial charge in [0.2, 0.25) is 12.2 Å². The van der Waals surface area contributed by atoms with Crippen LogP contribution in [0.25, 0.3) is 0 Å². The predicted molar refractivity (Wildman–Crippen MR) is 274 cm³/mol. The van der Waals surface area contributed by atoms with Crippen LogP contribution in [0.15, 0.2) is 30.3 Å². The highest BCUT2D eigenvalue weighted by molar-refractivity contribution is 5.85. The van der Waals surface area contributed by atoms with Crippen molar-refractivity contribution in [3.63, 3.8) is 0 Å². The molecular weight excluding hydrogens is 1020 g/mol. The normalized spacial score (nSPS) is 16.1. The minimum absolute atomic E-state index is 0.0201. The lowest BCUT2D eigenvalue weighted by Crippen LogP contribution is -2.56. The Kier molecular flexibility index (Phi) is 37.8. The van der Waals surface area contributed by atoms with E-state index in [-0.39, 0.29) is 50.5 Å². The molecule has 0 saturated carbocycles. The van der Waals surface area contributed by atoms with Crippen molar-refractivity contribution < 1.29 is 126 Å². The van der Waals surface area contributed by atoms with Crippen LogP contribution in [0.1, 0.15) is 194 Å². The number of aliphatic hydroxyl groups is 17. The van der Waals surface area contributed by atoms with Crippen LogP contribution in [0.3, 0.4) is 0 Å². The highest BCUT2D eigenvalue weighted by atomic mass is 17.2. The van der Waals surface area contributed by atoms with Gasteiger partial charge in [-0.15, -0.1) is 0 Å². The summed E-state index contributed by atoms with van der Waals surface area (Å²) in [6.07, 6.45) is 5.02. The maximum Gasteiger partial charge on any atom is 0.341 e. The van der Waals surface area contributed by atoms with Crippen molar-refractivity contribution in [2.45, 2.75) is 260 Å². The molecule has 0 aliphatic rings. The molecule has 18 N–H and O–H groups in total. The molecule has 0 radical (unpaired) electrons. The third-order valence-corrected chi connectivity index (χ3v) is 13.1. The van der Waals surface area contributed by atoms with Crippen LogP contribution in [0.5, 0.6) is 0 Å². The van der Waals surface area contributed by atoms with Crippen molar-refractivity contribution >= 4 is 11.9 Å². The van der Waals surface area contributed by atoms with Gasteiger partial charge in [0.15, 0.2) is 23.3 Å². The largest absolute Gasteiger partial charge is 0.467 e. The van der Waals surface area contributed by atoms with E-state index in [1.807, 2.05) is 6.92 Å². The molecular formula is C52H98O25. The van der Waals surface area contributed by atoms with Crippen LogP contribution in [-0.4, -0.2) is 184 Å². The zero-order valence-electron chi connectivity index (χ0n) is 46.2. The fourth-order valence-corrected chi connectivity index (χ4v) is 7.99. The number of carbonyl (C=O) groups is 2. The number of carbonyl (C=O) groups excluding carboxylic acids is 2. The summed E-state index contributed by atoms with van der Waals surface area (Å²) >= 11 is 0. The van der Waals surface area contributed by atoms with E-state index in [4.69, 9.17) is 61.0 Å². The van der Waals surface area contributed by atoms with Gasteiger partial charge < -0.3 is 96.3 Å². The van der Waals surface area contributed by atoms with Gasteiger partial charge in [-0.1, -0.05) is 134 Å². The summed E-state index contributed by atoms with van der Waals surface area (Å²) < 4.78 is 8.95. The summed E-state index contributed by atoms with van der Waals surface area (Å²) in [5.41, 5.74) is -5.07. The average molecular weight is 1120 g/mol. The van der Waals surface area contributed by atoms with E-state index in [1.165, 1.54) is 20.8 Å². The van der Waals surface area contributed by atoms with Gasteiger partial charge in [0.1, 0.15) is 12.2 Å². The molecule has 0 saturated heterocycles. The Labute approximate surface area is 452 Å². The Morgan fingerprint density at radius 1 is 0.506 bits per heavy atom. The molecule has 7 atom stereocenters. The lowest BCUT2D eigenvalue weighted by Gasteiger charge is -2.42. The second-order valence-corrected chi connectivity index (χ2v) is 20.5. The summed E-state index contributed by atoms with van der Waals surface area (Å²) in [7, 11) is 1.95. The summed E-state index contributed by atoms with van der Waals surface area (Å²) in [5, 5.41) is 170. The van der Waals surface area contributed by atoms with E-state index < -0.39 is 89.1 Å². The van der Waals surface area contributed by atoms with E-state index in [9.17, 15) is 50.4 Å². The summed E-state index contributed by atoms with van der Waals surface area (Å²) in [6, 6.07) is 8.35. The topological polar surface area (TPSA) is 444 Å². The number of unbranched alkanes of at least 4 members (excludes halogenated alkanes) is 12. The maximum atomic E-state index is 12.1. The van der Waals surface area contributed by atoms with Crippen LogP contribution < -0.4 is 0 Å². The molecule has 1 rings (SSSR count). The second-order valence-electron chi connectivity index (χ2n) is 20.5. The molecule has 0 aliphatic carbocycles. The summed E-state index contributed by atoms with van der Waals surface area (Å²) in [6.45, 7) is 8.27. The summed E-state index contributed by atoms with van der Waals surface area (Å²) in [4.78, 5) is 38.2. The third kappa shape index (κ3) is 31.2. The zero-order chi connectivity index (χ0) is 59.7. The second kappa shape index (κ2) is 38.1. The van der Waals surface area contributed by atoms with Gasteiger partial charge in [0, 0.05) is 6.42 Å². The first-order chi connectivity index (χ1) is 35.6. The quantitative estimate of drug-likeness (QED) is 0.0146. The molecule has 0 heterocycles. The van der Waals surface area contributed by atoms with E-state index in [0.29, 0.717) is 38.5 Å². The van der Waals surface area contributed by atoms with Crippen LogP contribution in [0.4, 0.5) is 0 Å². The summed E-state index contributed by atoms with van der Waals surface area (Å²) in [5.74, 6) is -14.7. The monoisotopic (exact) mass is 1120 g/mol. The Morgan fingerprint density at radius 3 is 1.34 bits per heavy atom. The highest BCUT2D eigenvalue weighted by Gasteiger charge is 2.54. The van der Waals surface area contributed by atoms with E-state index in [1.54, 1.807) is 30.3 Å². The van der Waals surface area contributed by atoms with Crippen LogP contribution in [-0.2, 0) is 39.3 Å². The third-order valence-electron chi connectivity index (χ3n) is 13.1. The van der Waals surface area contributed by atoms with Crippen molar-refractivity contribution in [3.05, 3.63) is 35.9 Å². The first kappa shape index (κ1) is 76.4. The van der Waals surface area contributed by atoms with Gasteiger partial charge in [-0.05, 0) is 90.0 Å². The van der Waals surface area contributed by atoms with Gasteiger partial charge in [-0.3, -0.25) is 5.26 Å². The van der Waals surface area contributed by atoms with Crippen molar-refractivity contribution in [1.82, 2.24) is 0 Å². The number of hydrogen-bond acceptors (Lipinski definition) is 25. The number of benzene rings is 1. The number of esters is 2. The average Bonchev–Trinajstić information content (AvgIpc) is 3.34. The van der Waals surface area contributed by atoms with Crippen LogP contribution in [0, 0.1) is 5.92 Å². The highest BCUT2D eigenvalue weighted by Crippen LogP contribution is 2.43. The van der Waals surface area contributed by atoms with Gasteiger partial charge >= 0.3 is 29.9 Å².